The highest BCUT2D eigenvalue weighted by Crippen LogP contribution is 2.36. The molecular weight excluding hydrogens is 404 g/mol. The molecule has 2 heterocycles. The molecule has 2 aromatic rings. The Labute approximate surface area is 191 Å². The van der Waals surface area contributed by atoms with Crippen LogP contribution in [0.15, 0.2) is 36.5 Å². The van der Waals surface area contributed by atoms with Crippen LogP contribution in [0.25, 0.3) is 0 Å². The number of benzene rings is 1. The van der Waals surface area contributed by atoms with Crippen molar-refractivity contribution in [2.24, 2.45) is 0 Å². The van der Waals surface area contributed by atoms with Crippen molar-refractivity contribution in [2.75, 3.05) is 49.0 Å². The number of aromatic nitrogens is 1. The number of rotatable bonds is 10. The maximum atomic E-state index is 11.4. The summed E-state index contributed by atoms with van der Waals surface area (Å²) in [5.41, 5.74) is 4.06. The van der Waals surface area contributed by atoms with Gasteiger partial charge < -0.3 is 25.0 Å². The maximum absolute atomic E-state index is 11.4. The van der Waals surface area contributed by atoms with Gasteiger partial charge in [-0.15, -0.1) is 0 Å². The molecule has 3 rings (SSSR count). The monoisotopic (exact) mass is 440 g/mol. The number of nitrogens with zero attached hydrogens (tertiary/aromatic N) is 3. The quantitative estimate of drug-likeness (QED) is 0.546. The van der Waals surface area contributed by atoms with Crippen molar-refractivity contribution < 1.29 is 14.6 Å². The topological polar surface area (TPSA) is 77.9 Å². The fraction of sp³-hybridized carbons (Fsp3) is 0.520. The van der Waals surface area contributed by atoms with E-state index < -0.39 is 5.97 Å². The van der Waals surface area contributed by atoms with Crippen LogP contribution in [-0.2, 0) is 9.53 Å². The lowest BCUT2D eigenvalue weighted by atomic mass is 9.92. The molecular formula is C25H36N4O3. The molecule has 1 aliphatic rings. The van der Waals surface area contributed by atoms with Crippen LogP contribution in [-0.4, -0.2) is 56.0 Å². The second kappa shape index (κ2) is 11.2. The van der Waals surface area contributed by atoms with Gasteiger partial charge in [-0.05, 0) is 61.9 Å². The summed E-state index contributed by atoms with van der Waals surface area (Å²) in [5, 5.41) is 12.9. The van der Waals surface area contributed by atoms with Crippen LogP contribution in [0.5, 0.6) is 0 Å². The molecule has 32 heavy (non-hydrogen) atoms. The molecule has 7 heteroatoms. The van der Waals surface area contributed by atoms with Gasteiger partial charge in [0.15, 0.2) is 0 Å². The number of pyridine rings is 1. The number of hydrogen-bond donors (Lipinski definition) is 2. The van der Waals surface area contributed by atoms with Gasteiger partial charge in [0, 0.05) is 39.9 Å². The summed E-state index contributed by atoms with van der Waals surface area (Å²) in [6.07, 6.45) is 4.76. The largest absolute Gasteiger partial charge is 0.481 e. The van der Waals surface area contributed by atoms with E-state index >= 15 is 0 Å². The first-order chi connectivity index (χ1) is 15.4. The molecule has 7 nitrogen and oxygen atoms in total. The minimum absolute atomic E-state index is 0.0190. The average molecular weight is 441 g/mol. The highest BCUT2D eigenvalue weighted by atomic mass is 16.5. The summed E-state index contributed by atoms with van der Waals surface area (Å²) in [6, 6.07) is 10.8. The standard InChI is InChI=1S/C25H36N4O3/c1-5-18(16-25(30)31)19-7-9-23(29(6-2)21-11-13-32-14-12-21)22(15-19)27-20-8-10-24(26-17-20)28(3)4/h7-10,15,17-18,21,27H,5-6,11-14,16H2,1-4H3,(H,30,31)/t18-/m1/s1. The van der Waals surface area contributed by atoms with Crippen LogP contribution >= 0.6 is 0 Å². The van der Waals surface area contributed by atoms with E-state index in [-0.39, 0.29) is 12.3 Å². The van der Waals surface area contributed by atoms with E-state index in [1.807, 2.05) is 44.2 Å². The van der Waals surface area contributed by atoms with Crippen LogP contribution in [0.3, 0.4) is 0 Å². The van der Waals surface area contributed by atoms with Gasteiger partial charge in [0.1, 0.15) is 5.82 Å². The number of carbonyl (C=O) groups is 1. The normalized spacial score (nSPS) is 15.2. The van der Waals surface area contributed by atoms with E-state index in [0.717, 1.165) is 67.5 Å². The zero-order valence-corrected chi connectivity index (χ0v) is 19.7. The van der Waals surface area contributed by atoms with Gasteiger partial charge in [0.25, 0.3) is 0 Å². The zero-order valence-electron chi connectivity index (χ0n) is 19.7. The lowest BCUT2D eigenvalue weighted by Crippen LogP contribution is -2.39. The lowest BCUT2D eigenvalue weighted by molar-refractivity contribution is -0.137. The third-order valence-corrected chi connectivity index (χ3v) is 6.17. The van der Waals surface area contributed by atoms with Crippen molar-refractivity contribution >= 4 is 28.8 Å². The first-order valence-corrected chi connectivity index (χ1v) is 11.5. The van der Waals surface area contributed by atoms with Crippen molar-refractivity contribution in [1.82, 2.24) is 4.98 Å². The average Bonchev–Trinajstić information content (AvgIpc) is 2.80. The number of carboxylic acid groups (broad SMARTS) is 1. The van der Waals surface area contributed by atoms with Crippen LogP contribution < -0.4 is 15.1 Å². The fourth-order valence-electron chi connectivity index (χ4n) is 4.37. The zero-order chi connectivity index (χ0) is 23.1. The van der Waals surface area contributed by atoms with Gasteiger partial charge >= 0.3 is 5.97 Å². The second-order valence-electron chi connectivity index (χ2n) is 8.53. The molecule has 0 unspecified atom stereocenters. The predicted octanol–water partition coefficient (Wildman–Crippen LogP) is 4.86. The first-order valence-electron chi connectivity index (χ1n) is 11.5. The molecule has 1 fully saturated rings. The van der Waals surface area contributed by atoms with E-state index in [1.54, 1.807) is 0 Å². The van der Waals surface area contributed by atoms with Crippen molar-refractivity contribution in [3.8, 4) is 0 Å². The SMILES string of the molecule is CC[C@H](CC(=O)O)c1ccc(N(CC)C2CCOCC2)c(Nc2ccc(N(C)C)nc2)c1. The van der Waals surface area contributed by atoms with Gasteiger partial charge in [-0.2, -0.15) is 0 Å². The third-order valence-electron chi connectivity index (χ3n) is 6.17. The molecule has 0 amide bonds. The Balaban J connectivity index is 1.97. The molecule has 0 aliphatic carbocycles. The third kappa shape index (κ3) is 5.91. The fourth-order valence-corrected chi connectivity index (χ4v) is 4.37. The summed E-state index contributed by atoms with van der Waals surface area (Å²) in [4.78, 5) is 20.3. The summed E-state index contributed by atoms with van der Waals surface area (Å²) >= 11 is 0. The van der Waals surface area contributed by atoms with E-state index in [9.17, 15) is 9.90 Å². The number of aliphatic carboxylic acids is 1. The Morgan fingerprint density at radius 1 is 1.22 bits per heavy atom. The summed E-state index contributed by atoms with van der Waals surface area (Å²) in [5.74, 6) is 0.111. The molecule has 0 bridgehead atoms. The Morgan fingerprint density at radius 3 is 2.53 bits per heavy atom. The Hall–Kier alpha value is -2.80. The number of carboxylic acids is 1. The van der Waals surface area contributed by atoms with Crippen LogP contribution in [0.2, 0.25) is 0 Å². The van der Waals surface area contributed by atoms with Crippen molar-refractivity contribution in [1.29, 1.82) is 0 Å². The molecule has 0 radical (unpaired) electrons. The van der Waals surface area contributed by atoms with Crippen molar-refractivity contribution in [3.63, 3.8) is 0 Å². The predicted molar refractivity (Wildman–Crippen MR) is 130 cm³/mol. The molecule has 1 aromatic carbocycles. The molecule has 1 atom stereocenters. The summed E-state index contributed by atoms with van der Waals surface area (Å²) in [7, 11) is 3.94. The van der Waals surface area contributed by atoms with Crippen molar-refractivity contribution in [2.45, 2.75) is 51.5 Å². The minimum atomic E-state index is -0.767. The maximum Gasteiger partial charge on any atom is 0.303 e. The Kier molecular flexibility index (Phi) is 8.33. The smallest absolute Gasteiger partial charge is 0.303 e. The highest BCUT2D eigenvalue weighted by Gasteiger charge is 2.24. The highest BCUT2D eigenvalue weighted by molar-refractivity contribution is 5.77. The van der Waals surface area contributed by atoms with E-state index in [4.69, 9.17) is 4.74 Å². The second-order valence-corrected chi connectivity index (χ2v) is 8.53. The van der Waals surface area contributed by atoms with E-state index in [0.29, 0.717) is 6.04 Å². The molecule has 0 saturated carbocycles. The number of anilines is 4. The number of ether oxygens (including phenoxy) is 1. The lowest BCUT2D eigenvalue weighted by Gasteiger charge is -2.37. The van der Waals surface area contributed by atoms with Gasteiger partial charge in [-0.3, -0.25) is 4.79 Å². The van der Waals surface area contributed by atoms with E-state index in [2.05, 4.69) is 40.3 Å². The van der Waals surface area contributed by atoms with Gasteiger partial charge in [-0.1, -0.05) is 13.0 Å². The molecule has 1 saturated heterocycles. The molecule has 1 aromatic heterocycles. The first kappa shape index (κ1) is 23.9. The summed E-state index contributed by atoms with van der Waals surface area (Å²) in [6.45, 7) is 6.69. The number of nitrogens with one attached hydrogen (secondary N) is 1. The van der Waals surface area contributed by atoms with Crippen LogP contribution in [0.1, 0.15) is 51.0 Å². The van der Waals surface area contributed by atoms with Gasteiger partial charge in [0.05, 0.1) is 29.7 Å². The van der Waals surface area contributed by atoms with Gasteiger partial charge in [-0.25, -0.2) is 4.98 Å². The van der Waals surface area contributed by atoms with Gasteiger partial charge in [0.2, 0.25) is 0 Å². The van der Waals surface area contributed by atoms with Crippen molar-refractivity contribution in [3.05, 3.63) is 42.1 Å². The minimum Gasteiger partial charge on any atom is -0.481 e. The molecule has 174 valence electrons. The molecule has 2 N–H and O–H groups in total. The molecule has 0 spiro atoms. The van der Waals surface area contributed by atoms with Crippen LogP contribution in [0.4, 0.5) is 22.9 Å². The van der Waals surface area contributed by atoms with E-state index in [1.165, 1.54) is 0 Å². The van der Waals surface area contributed by atoms with Crippen LogP contribution in [0, 0.1) is 0 Å². The number of hydrogen-bond acceptors (Lipinski definition) is 6. The Bertz CT molecular complexity index is 879. The summed E-state index contributed by atoms with van der Waals surface area (Å²) < 4.78 is 5.58. The Morgan fingerprint density at radius 2 is 1.97 bits per heavy atom. The molecule has 1 aliphatic heterocycles.